The van der Waals surface area contributed by atoms with Crippen molar-refractivity contribution in [2.75, 3.05) is 5.88 Å². The quantitative estimate of drug-likeness (QED) is 0.678. The highest BCUT2D eigenvalue weighted by molar-refractivity contribution is 6.17. The Kier molecular flexibility index (Phi) is 3.92. The van der Waals surface area contributed by atoms with Crippen molar-refractivity contribution >= 4 is 22.6 Å². The second kappa shape index (κ2) is 6.01. The number of nitrogens with zero attached hydrogens (tertiary/aromatic N) is 4. The predicted octanol–water partition coefficient (Wildman–Crippen LogP) is 2.85. The molecular weight excluding hydrogens is 272 g/mol. The minimum atomic E-state index is 0.573. The number of imidazole rings is 1. The van der Waals surface area contributed by atoms with E-state index in [1.54, 1.807) is 18.6 Å². The van der Waals surface area contributed by atoms with Gasteiger partial charge in [0.25, 0.3) is 0 Å². The Morgan fingerprint density at radius 1 is 1.05 bits per heavy atom. The molecule has 0 bridgehead atoms. The van der Waals surface area contributed by atoms with Crippen molar-refractivity contribution in [3.8, 4) is 0 Å². The first-order valence-electron chi connectivity index (χ1n) is 6.62. The molecule has 3 heterocycles. The molecule has 0 aromatic carbocycles. The van der Waals surface area contributed by atoms with Crippen molar-refractivity contribution < 1.29 is 0 Å². The molecule has 102 valence electrons. The molecule has 0 aliphatic rings. The van der Waals surface area contributed by atoms with Gasteiger partial charge in [-0.25, -0.2) is 4.98 Å². The van der Waals surface area contributed by atoms with E-state index in [-0.39, 0.29) is 0 Å². The summed E-state index contributed by atoms with van der Waals surface area (Å²) in [6.45, 7) is 0.873. The average molecular weight is 287 g/mol. The van der Waals surface area contributed by atoms with Crippen molar-refractivity contribution in [1.29, 1.82) is 0 Å². The van der Waals surface area contributed by atoms with E-state index in [0.29, 0.717) is 5.88 Å². The van der Waals surface area contributed by atoms with Gasteiger partial charge in [0.1, 0.15) is 11.3 Å². The van der Waals surface area contributed by atoms with E-state index in [1.165, 1.54) is 5.56 Å². The van der Waals surface area contributed by atoms with Gasteiger partial charge in [0.15, 0.2) is 0 Å². The van der Waals surface area contributed by atoms with Crippen molar-refractivity contribution in [2.45, 2.75) is 19.4 Å². The van der Waals surface area contributed by atoms with Gasteiger partial charge in [0.2, 0.25) is 0 Å². The van der Waals surface area contributed by atoms with Crippen molar-refractivity contribution in [3.63, 3.8) is 0 Å². The number of pyridine rings is 2. The van der Waals surface area contributed by atoms with Crippen molar-refractivity contribution in [3.05, 3.63) is 54.4 Å². The first-order valence-corrected chi connectivity index (χ1v) is 7.16. The standard InChI is InChI=1S/C15H15ClN4/c16-6-3-15-19-13-11-18-8-4-14(13)20(15)9-5-12-2-1-7-17-10-12/h1-2,4,7-8,10-11H,3,5-6,9H2. The lowest BCUT2D eigenvalue weighted by Gasteiger charge is -2.08. The van der Waals surface area contributed by atoms with Crippen LogP contribution in [-0.4, -0.2) is 25.4 Å². The third-order valence-corrected chi connectivity index (χ3v) is 3.48. The predicted molar refractivity (Wildman–Crippen MR) is 79.9 cm³/mol. The lowest BCUT2D eigenvalue weighted by Crippen LogP contribution is -2.07. The molecule has 0 spiro atoms. The lowest BCUT2D eigenvalue weighted by atomic mass is 10.2. The van der Waals surface area contributed by atoms with Gasteiger partial charge in [0.05, 0.1) is 11.7 Å². The molecule has 0 N–H and O–H groups in total. The highest BCUT2D eigenvalue weighted by atomic mass is 35.5. The van der Waals surface area contributed by atoms with E-state index in [2.05, 4.69) is 25.6 Å². The number of aromatic nitrogens is 4. The minimum Gasteiger partial charge on any atom is -0.328 e. The van der Waals surface area contributed by atoms with Gasteiger partial charge in [-0.2, -0.15) is 0 Å². The largest absolute Gasteiger partial charge is 0.328 e. The molecule has 3 aromatic rings. The molecule has 0 fully saturated rings. The molecule has 0 saturated heterocycles. The molecule has 5 heteroatoms. The van der Waals surface area contributed by atoms with Crippen LogP contribution < -0.4 is 0 Å². The Hall–Kier alpha value is -1.94. The van der Waals surface area contributed by atoms with E-state index in [9.17, 15) is 0 Å². The van der Waals surface area contributed by atoms with Gasteiger partial charge in [-0.1, -0.05) is 6.07 Å². The Morgan fingerprint density at radius 2 is 1.95 bits per heavy atom. The fourth-order valence-electron chi connectivity index (χ4n) is 2.34. The number of fused-ring (bicyclic) bond motifs is 1. The summed E-state index contributed by atoms with van der Waals surface area (Å²) in [5.41, 5.74) is 3.27. The zero-order valence-electron chi connectivity index (χ0n) is 11.0. The Labute approximate surface area is 122 Å². The summed E-state index contributed by atoms with van der Waals surface area (Å²) in [6, 6.07) is 6.06. The highest BCUT2D eigenvalue weighted by Crippen LogP contribution is 2.16. The maximum atomic E-state index is 5.87. The van der Waals surface area contributed by atoms with E-state index in [1.807, 2.05) is 18.3 Å². The average Bonchev–Trinajstić information content (AvgIpc) is 2.84. The maximum absolute atomic E-state index is 5.87. The zero-order chi connectivity index (χ0) is 13.8. The molecule has 0 aliphatic carbocycles. The van der Waals surface area contributed by atoms with E-state index in [4.69, 9.17) is 11.6 Å². The lowest BCUT2D eigenvalue weighted by molar-refractivity contribution is 0.674. The Bertz CT molecular complexity index is 693. The second-order valence-electron chi connectivity index (χ2n) is 4.59. The Balaban J connectivity index is 1.90. The van der Waals surface area contributed by atoms with Crippen LogP contribution in [0.3, 0.4) is 0 Å². The van der Waals surface area contributed by atoms with E-state index >= 15 is 0 Å². The summed E-state index contributed by atoms with van der Waals surface area (Å²) in [5.74, 6) is 1.59. The number of hydrogen-bond donors (Lipinski definition) is 0. The molecule has 3 rings (SSSR count). The van der Waals surface area contributed by atoms with Gasteiger partial charge >= 0.3 is 0 Å². The Morgan fingerprint density at radius 3 is 2.75 bits per heavy atom. The molecule has 20 heavy (non-hydrogen) atoms. The first kappa shape index (κ1) is 13.1. The van der Waals surface area contributed by atoms with Gasteiger partial charge in [-0.15, -0.1) is 11.6 Å². The first-order chi connectivity index (χ1) is 9.88. The van der Waals surface area contributed by atoms with E-state index < -0.39 is 0 Å². The number of aryl methyl sites for hydroxylation is 3. The van der Waals surface area contributed by atoms with Crippen LogP contribution in [0.15, 0.2) is 43.0 Å². The van der Waals surface area contributed by atoms with Crippen LogP contribution in [-0.2, 0) is 19.4 Å². The number of hydrogen-bond acceptors (Lipinski definition) is 3. The monoisotopic (exact) mass is 286 g/mol. The molecule has 0 amide bonds. The summed E-state index contributed by atoms with van der Waals surface area (Å²) in [5, 5.41) is 0. The van der Waals surface area contributed by atoms with Gasteiger partial charge in [0, 0.05) is 37.4 Å². The zero-order valence-corrected chi connectivity index (χ0v) is 11.8. The molecule has 0 atom stereocenters. The topological polar surface area (TPSA) is 43.6 Å². The van der Waals surface area contributed by atoms with Gasteiger partial charge in [-0.05, 0) is 24.1 Å². The molecule has 3 aromatic heterocycles. The van der Waals surface area contributed by atoms with E-state index in [0.717, 1.165) is 36.2 Å². The van der Waals surface area contributed by atoms with Crippen LogP contribution in [0.1, 0.15) is 11.4 Å². The smallest absolute Gasteiger partial charge is 0.111 e. The summed E-state index contributed by atoms with van der Waals surface area (Å²) in [4.78, 5) is 12.9. The highest BCUT2D eigenvalue weighted by Gasteiger charge is 2.10. The summed E-state index contributed by atoms with van der Waals surface area (Å²) >= 11 is 5.87. The van der Waals surface area contributed by atoms with Crippen molar-refractivity contribution in [2.24, 2.45) is 0 Å². The van der Waals surface area contributed by atoms with Crippen molar-refractivity contribution in [1.82, 2.24) is 19.5 Å². The number of halogens is 1. The second-order valence-corrected chi connectivity index (χ2v) is 4.97. The SMILES string of the molecule is ClCCc1nc2cnccc2n1CCc1cccnc1. The van der Waals surface area contributed by atoms with Gasteiger partial charge in [-0.3, -0.25) is 9.97 Å². The van der Waals surface area contributed by atoms with Crippen LogP contribution in [0.2, 0.25) is 0 Å². The third-order valence-electron chi connectivity index (χ3n) is 3.29. The van der Waals surface area contributed by atoms with Crippen LogP contribution in [0, 0.1) is 0 Å². The maximum Gasteiger partial charge on any atom is 0.111 e. The molecule has 0 saturated carbocycles. The fourth-order valence-corrected chi connectivity index (χ4v) is 2.51. The molecule has 0 unspecified atom stereocenters. The third kappa shape index (κ3) is 2.65. The fraction of sp³-hybridized carbons (Fsp3) is 0.267. The number of alkyl halides is 1. The van der Waals surface area contributed by atoms with Crippen LogP contribution >= 0.6 is 11.6 Å². The molecule has 0 radical (unpaired) electrons. The summed E-state index contributed by atoms with van der Waals surface area (Å²) in [6.07, 6.45) is 8.99. The molecule has 0 aliphatic heterocycles. The normalized spacial score (nSPS) is 11.1. The van der Waals surface area contributed by atoms with Crippen LogP contribution in [0.4, 0.5) is 0 Å². The summed E-state index contributed by atoms with van der Waals surface area (Å²) in [7, 11) is 0. The molecular formula is C15H15ClN4. The van der Waals surface area contributed by atoms with Gasteiger partial charge < -0.3 is 4.57 Å². The molecule has 4 nitrogen and oxygen atoms in total. The minimum absolute atomic E-state index is 0.573. The number of rotatable bonds is 5. The van der Waals surface area contributed by atoms with Crippen LogP contribution in [0.25, 0.3) is 11.0 Å². The summed E-state index contributed by atoms with van der Waals surface area (Å²) < 4.78 is 2.23. The van der Waals surface area contributed by atoms with Crippen LogP contribution in [0.5, 0.6) is 0 Å².